The minimum Gasteiger partial charge on any atom is -0.311 e. The van der Waals surface area contributed by atoms with E-state index in [0.717, 1.165) is 13.1 Å². The zero-order valence-corrected chi connectivity index (χ0v) is 11.8. The molecule has 1 aliphatic rings. The van der Waals surface area contributed by atoms with Crippen molar-refractivity contribution in [2.24, 2.45) is 5.92 Å². The van der Waals surface area contributed by atoms with Crippen LogP contribution in [0.5, 0.6) is 0 Å². The molecule has 0 aromatic heterocycles. The van der Waals surface area contributed by atoms with E-state index < -0.39 is 12.1 Å². The van der Waals surface area contributed by atoms with Crippen LogP contribution in [0.4, 0.5) is 13.2 Å². The van der Waals surface area contributed by atoms with Crippen LogP contribution in [0.15, 0.2) is 0 Å². The number of hydrogen-bond acceptors (Lipinski definition) is 2. The topological polar surface area (TPSA) is 15.3 Å². The lowest BCUT2D eigenvalue weighted by molar-refractivity contribution is -0.188. The third kappa shape index (κ3) is 5.14. The minimum atomic E-state index is -4.05. The predicted octanol–water partition coefficient (Wildman–Crippen LogP) is 3.04. The van der Waals surface area contributed by atoms with Gasteiger partial charge in [-0.25, -0.2) is 0 Å². The summed E-state index contributed by atoms with van der Waals surface area (Å²) in [6.07, 6.45) is -3.13. The molecule has 2 atom stereocenters. The summed E-state index contributed by atoms with van der Waals surface area (Å²) in [7, 11) is 0. The molecule has 108 valence electrons. The van der Waals surface area contributed by atoms with Crippen molar-refractivity contribution in [1.82, 2.24) is 10.2 Å². The molecule has 1 N–H and O–H groups in total. The second-order valence-corrected chi connectivity index (χ2v) is 6.36. The summed E-state index contributed by atoms with van der Waals surface area (Å²) in [6.45, 7) is 9.85. The lowest BCUT2D eigenvalue weighted by Gasteiger charge is -2.38. The van der Waals surface area contributed by atoms with Crippen molar-refractivity contribution in [3.8, 4) is 0 Å². The SMILES string of the molecule is CC(CNC(C)(C)C)N1CCCC(C(F)(F)F)C1. The molecule has 0 radical (unpaired) electrons. The molecule has 2 unspecified atom stereocenters. The third-order valence-electron chi connectivity index (χ3n) is 3.47. The molecule has 1 saturated heterocycles. The highest BCUT2D eigenvalue weighted by Crippen LogP contribution is 2.33. The number of rotatable bonds is 3. The Kier molecular flexibility index (Phi) is 5.06. The van der Waals surface area contributed by atoms with E-state index in [1.54, 1.807) is 0 Å². The van der Waals surface area contributed by atoms with Gasteiger partial charge in [-0.05, 0) is 47.1 Å². The van der Waals surface area contributed by atoms with Gasteiger partial charge in [-0.3, -0.25) is 4.90 Å². The van der Waals surface area contributed by atoms with E-state index >= 15 is 0 Å². The minimum absolute atomic E-state index is 0.00742. The van der Waals surface area contributed by atoms with E-state index in [-0.39, 0.29) is 24.5 Å². The maximum atomic E-state index is 12.7. The summed E-state index contributed by atoms with van der Waals surface area (Å²) in [6, 6.07) is 0.148. The molecular formula is C13H25F3N2. The second-order valence-electron chi connectivity index (χ2n) is 6.36. The van der Waals surface area contributed by atoms with Gasteiger partial charge in [0.2, 0.25) is 0 Å². The molecule has 0 bridgehead atoms. The lowest BCUT2D eigenvalue weighted by atomic mass is 9.96. The van der Waals surface area contributed by atoms with E-state index in [4.69, 9.17) is 0 Å². The van der Waals surface area contributed by atoms with Crippen molar-refractivity contribution in [2.75, 3.05) is 19.6 Å². The number of hydrogen-bond donors (Lipinski definition) is 1. The number of nitrogens with one attached hydrogen (secondary N) is 1. The number of halogens is 3. The number of alkyl halides is 3. The molecule has 0 aliphatic carbocycles. The van der Waals surface area contributed by atoms with Crippen LogP contribution in [0, 0.1) is 5.92 Å². The van der Waals surface area contributed by atoms with E-state index in [2.05, 4.69) is 26.1 Å². The Morgan fingerprint density at radius 3 is 2.39 bits per heavy atom. The summed E-state index contributed by atoms with van der Waals surface area (Å²) >= 11 is 0. The fraction of sp³-hybridized carbons (Fsp3) is 1.00. The molecule has 1 rings (SSSR count). The monoisotopic (exact) mass is 266 g/mol. The molecule has 18 heavy (non-hydrogen) atoms. The van der Waals surface area contributed by atoms with Gasteiger partial charge < -0.3 is 5.32 Å². The highest BCUT2D eigenvalue weighted by molar-refractivity contribution is 4.83. The Morgan fingerprint density at radius 2 is 1.89 bits per heavy atom. The van der Waals surface area contributed by atoms with Crippen molar-refractivity contribution in [1.29, 1.82) is 0 Å². The maximum absolute atomic E-state index is 12.7. The van der Waals surface area contributed by atoms with Crippen LogP contribution in [0.1, 0.15) is 40.5 Å². The summed E-state index contributed by atoms with van der Waals surface area (Å²) in [5.74, 6) is -1.15. The van der Waals surface area contributed by atoms with Crippen LogP contribution in [0.25, 0.3) is 0 Å². The van der Waals surface area contributed by atoms with E-state index in [1.807, 2.05) is 11.8 Å². The van der Waals surface area contributed by atoms with Gasteiger partial charge in [0, 0.05) is 24.7 Å². The van der Waals surface area contributed by atoms with Crippen LogP contribution < -0.4 is 5.32 Å². The smallest absolute Gasteiger partial charge is 0.311 e. The Balaban J connectivity index is 2.46. The maximum Gasteiger partial charge on any atom is 0.393 e. The molecule has 1 fully saturated rings. The lowest BCUT2D eigenvalue weighted by Crippen LogP contribution is -2.51. The zero-order valence-electron chi connectivity index (χ0n) is 11.8. The largest absolute Gasteiger partial charge is 0.393 e. The highest BCUT2D eigenvalue weighted by Gasteiger charge is 2.42. The quantitative estimate of drug-likeness (QED) is 0.844. The highest BCUT2D eigenvalue weighted by atomic mass is 19.4. The van der Waals surface area contributed by atoms with Crippen molar-refractivity contribution < 1.29 is 13.2 Å². The Labute approximate surface area is 108 Å². The Morgan fingerprint density at radius 1 is 1.28 bits per heavy atom. The molecule has 0 aromatic carbocycles. The van der Waals surface area contributed by atoms with Crippen LogP contribution in [-0.2, 0) is 0 Å². The molecule has 1 heterocycles. The van der Waals surface area contributed by atoms with Gasteiger partial charge in [-0.2, -0.15) is 13.2 Å². The van der Waals surface area contributed by atoms with Gasteiger partial charge in [0.25, 0.3) is 0 Å². The van der Waals surface area contributed by atoms with Gasteiger partial charge in [-0.15, -0.1) is 0 Å². The summed E-state index contributed by atoms with van der Waals surface area (Å²) in [5, 5.41) is 3.35. The average molecular weight is 266 g/mol. The standard InChI is InChI=1S/C13H25F3N2/c1-10(8-17-12(2,3)4)18-7-5-6-11(9-18)13(14,15)16/h10-11,17H,5-9H2,1-4H3. The van der Waals surface area contributed by atoms with Crippen LogP contribution >= 0.6 is 0 Å². The van der Waals surface area contributed by atoms with Gasteiger partial charge >= 0.3 is 6.18 Å². The second kappa shape index (κ2) is 5.78. The molecule has 2 nitrogen and oxygen atoms in total. The van der Waals surface area contributed by atoms with Crippen molar-refractivity contribution >= 4 is 0 Å². The van der Waals surface area contributed by atoms with Crippen molar-refractivity contribution in [3.05, 3.63) is 0 Å². The van der Waals surface area contributed by atoms with Gasteiger partial charge in [-0.1, -0.05) is 0 Å². The zero-order chi connectivity index (χ0) is 14.0. The molecule has 1 aliphatic heterocycles. The fourth-order valence-electron chi connectivity index (χ4n) is 2.26. The average Bonchev–Trinajstić information content (AvgIpc) is 2.24. The Bertz CT molecular complexity index is 258. The molecular weight excluding hydrogens is 241 g/mol. The summed E-state index contributed by atoms with van der Waals surface area (Å²) < 4.78 is 38.1. The van der Waals surface area contributed by atoms with Gasteiger partial charge in [0.15, 0.2) is 0 Å². The third-order valence-corrected chi connectivity index (χ3v) is 3.47. The van der Waals surface area contributed by atoms with Crippen LogP contribution in [0.3, 0.4) is 0 Å². The molecule has 0 amide bonds. The Hall–Kier alpha value is -0.290. The van der Waals surface area contributed by atoms with E-state index in [9.17, 15) is 13.2 Å². The van der Waals surface area contributed by atoms with E-state index in [0.29, 0.717) is 6.42 Å². The fourth-order valence-corrected chi connectivity index (χ4v) is 2.26. The molecule has 5 heteroatoms. The first-order valence-electron chi connectivity index (χ1n) is 6.65. The summed E-state index contributed by atoms with van der Waals surface area (Å²) in [4.78, 5) is 1.96. The van der Waals surface area contributed by atoms with Crippen molar-refractivity contribution in [3.63, 3.8) is 0 Å². The normalized spacial score (nSPS) is 25.2. The molecule has 0 aromatic rings. The van der Waals surface area contributed by atoms with Gasteiger partial charge in [0.1, 0.15) is 0 Å². The predicted molar refractivity (Wildman–Crippen MR) is 67.6 cm³/mol. The first kappa shape index (κ1) is 15.8. The molecule has 0 saturated carbocycles. The number of piperidine rings is 1. The molecule has 0 spiro atoms. The van der Waals surface area contributed by atoms with Crippen LogP contribution in [-0.4, -0.2) is 42.3 Å². The summed E-state index contributed by atoms with van der Waals surface area (Å²) in [5.41, 5.74) is 0.00742. The van der Waals surface area contributed by atoms with Crippen molar-refractivity contribution in [2.45, 2.75) is 58.3 Å². The first-order valence-corrected chi connectivity index (χ1v) is 6.65. The number of likely N-dealkylation sites (tertiary alicyclic amines) is 1. The van der Waals surface area contributed by atoms with E-state index in [1.165, 1.54) is 0 Å². The van der Waals surface area contributed by atoms with Gasteiger partial charge in [0.05, 0.1) is 5.92 Å². The number of nitrogens with zero attached hydrogens (tertiary/aromatic N) is 1. The van der Waals surface area contributed by atoms with Crippen LogP contribution in [0.2, 0.25) is 0 Å². The first-order chi connectivity index (χ1) is 8.09.